The first-order valence-electron chi connectivity index (χ1n) is 4.86. The molecule has 2 N–H and O–H groups in total. The fourth-order valence-corrected chi connectivity index (χ4v) is 3.08. The number of carbonyl (C=O) groups excluding carboxylic acids is 1. The van der Waals surface area contributed by atoms with Crippen LogP contribution < -0.4 is 5.32 Å². The predicted molar refractivity (Wildman–Crippen MR) is 71.9 cm³/mol. The van der Waals surface area contributed by atoms with Crippen molar-refractivity contribution < 1.29 is 14.7 Å². The lowest BCUT2D eigenvalue weighted by Gasteiger charge is -2.07. The van der Waals surface area contributed by atoms with Crippen molar-refractivity contribution in [3.63, 3.8) is 0 Å². The second kappa shape index (κ2) is 5.74. The average Bonchev–Trinajstić information content (AvgIpc) is 2.83. The number of hydrogen-bond donors (Lipinski definition) is 2. The molecule has 0 saturated heterocycles. The van der Waals surface area contributed by atoms with E-state index in [0.717, 1.165) is 0 Å². The summed E-state index contributed by atoms with van der Waals surface area (Å²) in [5, 5.41) is 15.1. The maximum absolute atomic E-state index is 11.9. The van der Waals surface area contributed by atoms with Crippen LogP contribution in [0.2, 0.25) is 0 Å². The highest BCUT2D eigenvalue weighted by molar-refractivity contribution is 8.27. The van der Waals surface area contributed by atoms with E-state index in [4.69, 9.17) is 5.11 Å². The van der Waals surface area contributed by atoms with Crippen LogP contribution in [-0.4, -0.2) is 22.0 Å². The molecular weight excluding hydrogens is 272 g/mol. The smallest absolute Gasteiger partial charge is 0.343 e. The van der Waals surface area contributed by atoms with E-state index in [0.29, 0.717) is 9.92 Å². The maximum atomic E-state index is 11.9. The summed E-state index contributed by atoms with van der Waals surface area (Å²) in [6, 6.07) is 3.30. The minimum atomic E-state index is -1.24. The Bertz CT molecular complexity index is 530. The van der Waals surface area contributed by atoms with E-state index in [-0.39, 0.29) is 5.57 Å². The zero-order valence-electron chi connectivity index (χ0n) is 8.99. The first-order valence-corrected chi connectivity index (χ1v) is 6.61. The molecule has 0 unspecified atom stereocenters. The van der Waals surface area contributed by atoms with Crippen LogP contribution in [0.1, 0.15) is 0 Å². The standard InChI is InChI=1S/C11H8N2O3S2/c14-9(13-7-2-1-3-12-6-7)8(10(15)16)11-17-4-5-18-11/h1-6H,(H,13,14)(H,15,16). The van der Waals surface area contributed by atoms with E-state index < -0.39 is 11.9 Å². The molecule has 7 heteroatoms. The Hall–Kier alpha value is -1.73. The normalized spacial score (nSPS) is 13.4. The van der Waals surface area contributed by atoms with Gasteiger partial charge < -0.3 is 10.4 Å². The van der Waals surface area contributed by atoms with Gasteiger partial charge in [-0.25, -0.2) is 4.79 Å². The molecule has 2 heterocycles. The number of nitrogens with one attached hydrogen (secondary N) is 1. The lowest BCUT2D eigenvalue weighted by atomic mass is 10.3. The van der Waals surface area contributed by atoms with Gasteiger partial charge in [0.25, 0.3) is 5.91 Å². The number of rotatable bonds is 3. The Balaban J connectivity index is 2.20. The van der Waals surface area contributed by atoms with Crippen LogP contribution in [0.25, 0.3) is 0 Å². The van der Waals surface area contributed by atoms with Gasteiger partial charge in [0, 0.05) is 6.20 Å². The zero-order valence-corrected chi connectivity index (χ0v) is 10.6. The summed E-state index contributed by atoms with van der Waals surface area (Å²) < 4.78 is 0.462. The van der Waals surface area contributed by atoms with Gasteiger partial charge in [-0.2, -0.15) is 0 Å². The molecule has 0 spiro atoms. The summed E-state index contributed by atoms with van der Waals surface area (Å²) in [7, 11) is 0. The SMILES string of the molecule is O=C(O)C(C(=O)Nc1cccnc1)=C1SC=CS1. The number of carboxylic acids is 1. The van der Waals surface area contributed by atoms with Gasteiger partial charge in [0.1, 0.15) is 5.57 Å². The molecule has 18 heavy (non-hydrogen) atoms. The number of amides is 1. The Morgan fingerprint density at radius 3 is 2.56 bits per heavy atom. The van der Waals surface area contributed by atoms with Crippen molar-refractivity contribution in [2.24, 2.45) is 0 Å². The van der Waals surface area contributed by atoms with Crippen LogP contribution in [0.3, 0.4) is 0 Å². The second-order valence-corrected chi connectivity index (χ2v) is 5.26. The largest absolute Gasteiger partial charge is 0.477 e. The minimum absolute atomic E-state index is 0.251. The number of hydrogen-bond acceptors (Lipinski definition) is 5. The molecule has 0 bridgehead atoms. The highest BCUT2D eigenvalue weighted by Gasteiger charge is 2.24. The molecule has 0 radical (unpaired) electrons. The number of aliphatic carboxylic acids is 1. The Labute approximate surface area is 111 Å². The predicted octanol–water partition coefficient (Wildman–Crippen LogP) is 2.27. The Morgan fingerprint density at radius 2 is 2.00 bits per heavy atom. The lowest BCUT2D eigenvalue weighted by molar-refractivity contribution is -0.134. The molecule has 1 aliphatic heterocycles. The molecule has 92 valence electrons. The summed E-state index contributed by atoms with van der Waals surface area (Å²) in [6.07, 6.45) is 3.02. The molecule has 1 aliphatic rings. The van der Waals surface area contributed by atoms with Gasteiger partial charge in [0.2, 0.25) is 0 Å². The molecule has 0 atom stereocenters. The van der Waals surface area contributed by atoms with E-state index >= 15 is 0 Å². The van der Waals surface area contributed by atoms with Crippen molar-refractivity contribution in [3.8, 4) is 0 Å². The number of carboxylic acid groups (broad SMARTS) is 1. The van der Waals surface area contributed by atoms with Crippen molar-refractivity contribution in [1.29, 1.82) is 0 Å². The average molecular weight is 280 g/mol. The first kappa shape index (κ1) is 12.7. The van der Waals surface area contributed by atoms with Gasteiger partial charge in [0.15, 0.2) is 0 Å². The number of nitrogens with zero attached hydrogens (tertiary/aromatic N) is 1. The highest BCUT2D eigenvalue weighted by atomic mass is 32.2. The number of thioether (sulfide) groups is 2. The second-order valence-electron chi connectivity index (χ2n) is 3.17. The molecule has 0 saturated carbocycles. The van der Waals surface area contributed by atoms with E-state index in [9.17, 15) is 9.59 Å². The van der Waals surface area contributed by atoms with E-state index in [1.165, 1.54) is 29.7 Å². The molecule has 0 aromatic carbocycles. The molecule has 0 aliphatic carbocycles. The summed E-state index contributed by atoms with van der Waals surface area (Å²) in [6.45, 7) is 0. The van der Waals surface area contributed by atoms with Gasteiger partial charge in [-0.05, 0) is 22.9 Å². The number of pyridine rings is 1. The van der Waals surface area contributed by atoms with E-state index in [2.05, 4.69) is 10.3 Å². The maximum Gasteiger partial charge on any atom is 0.343 e. The fourth-order valence-electron chi connectivity index (χ4n) is 1.23. The van der Waals surface area contributed by atoms with Crippen molar-refractivity contribution in [3.05, 3.63) is 45.2 Å². The summed E-state index contributed by atoms with van der Waals surface area (Å²) in [5.74, 6) is -1.88. The summed E-state index contributed by atoms with van der Waals surface area (Å²) in [5.41, 5.74) is 0.210. The quantitative estimate of drug-likeness (QED) is 0.502. The molecule has 1 aromatic heterocycles. The van der Waals surface area contributed by atoms with Crippen molar-refractivity contribution in [2.45, 2.75) is 0 Å². The van der Waals surface area contributed by atoms with E-state index in [1.54, 1.807) is 29.1 Å². The first-order chi connectivity index (χ1) is 8.68. The van der Waals surface area contributed by atoms with Gasteiger partial charge >= 0.3 is 5.97 Å². The van der Waals surface area contributed by atoms with Gasteiger partial charge in [-0.1, -0.05) is 23.5 Å². The molecule has 5 nitrogen and oxygen atoms in total. The van der Waals surface area contributed by atoms with Crippen molar-refractivity contribution >= 4 is 41.1 Å². The molecule has 1 amide bonds. The van der Waals surface area contributed by atoms with Gasteiger partial charge in [0.05, 0.1) is 16.1 Å². The van der Waals surface area contributed by atoms with E-state index in [1.807, 2.05) is 0 Å². The minimum Gasteiger partial charge on any atom is -0.477 e. The van der Waals surface area contributed by atoms with Crippen molar-refractivity contribution in [2.75, 3.05) is 5.32 Å². The Kier molecular flexibility index (Phi) is 4.06. The molecule has 2 rings (SSSR count). The van der Waals surface area contributed by atoms with Crippen LogP contribution in [-0.2, 0) is 9.59 Å². The van der Waals surface area contributed by atoms with Crippen LogP contribution in [0.15, 0.2) is 45.2 Å². The third-order valence-electron chi connectivity index (χ3n) is 1.97. The number of aromatic nitrogens is 1. The summed E-state index contributed by atoms with van der Waals surface area (Å²) in [4.78, 5) is 26.9. The third kappa shape index (κ3) is 2.93. The molecular formula is C11H8N2O3S2. The fraction of sp³-hybridized carbons (Fsp3) is 0. The Morgan fingerprint density at radius 1 is 1.28 bits per heavy atom. The summed E-state index contributed by atoms with van der Waals surface area (Å²) >= 11 is 2.44. The van der Waals surface area contributed by atoms with Gasteiger partial charge in [-0.3, -0.25) is 9.78 Å². The number of anilines is 1. The molecule has 1 aromatic rings. The number of carbonyl (C=O) groups is 2. The van der Waals surface area contributed by atoms with Crippen LogP contribution in [0, 0.1) is 0 Å². The third-order valence-corrected chi connectivity index (χ3v) is 4.10. The van der Waals surface area contributed by atoms with Crippen molar-refractivity contribution in [1.82, 2.24) is 4.98 Å². The van der Waals surface area contributed by atoms with Crippen LogP contribution in [0.5, 0.6) is 0 Å². The topological polar surface area (TPSA) is 79.3 Å². The highest BCUT2D eigenvalue weighted by Crippen LogP contribution is 2.40. The zero-order chi connectivity index (χ0) is 13.0. The van der Waals surface area contributed by atoms with Crippen LogP contribution >= 0.6 is 23.5 Å². The van der Waals surface area contributed by atoms with Crippen LogP contribution in [0.4, 0.5) is 5.69 Å². The van der Waals surface area contributed by atoms with Gasteiger partial charge in [-0.15, -0.1) is 0 Å². The molecule has 0 fully saturated rings. The monoisotopic (exact) mass is 280 g/mol. The lowest BCUT2D eigenvalue weighted by Crippen LogP contribution is -2.21.